The molecule has 2 aromatic carbocycles. The minimum absolute atomic E-state index is 0.0795. The molecule has 0 unspecified atom stereocenters. The molecule has 0 amide bonds. The quantitative estimate of drug-likeness (QED) is 0.649. The predicted molar refractivity (Wildman–Crippen MR) is 109 cm³/mol. The molecule has 0 atom stereocenters. The van der Waals surface area contributed by atoms with E-state index < -0.39 is 5.97 Å². The molecule has 1 heterocycles. The number of hydrogen-bond acceptors (Lipinski definition) is 4. The first-order valence-electron chi connectivity index (χ1n) is 8.99. The summed E-state index contributed by atoms with van der Waals surface area (Å²) in [4.78, 5) is 27.8. The molecule has 0 fully saturated rings. The molecule has 0 N–H and O–H groups in total. The molecule has 140 valence electrons. The van der Waals surface area contributed by atoms with E-state index in [4.69, 9.17) is 4.74 Å². The van der Waals surface area contributed by atoms with E-state index in [0.29, 0.717) is 12.2 Å². The van der Waals surface area contributed by atoms with Crippen LogP contribution in [0.2, 0.25) is 0 Å². The van der Waals surface area contributed by atoms with Gasteiger partial charge in [-0.1, -0.05) is 42.0 Å². The van der Waals surface area contributed by atoms with Gasteiger partial charge in [0.05, 0.1) is 24.4 Å². The van der Waals surface area contributed by atoms with Gasteiger partial charge in [0.2, 0.25) is 0 Å². The molecule has 0 bridgehead atoms. The van der Waals surface area contributed by atoms with Gasteiger partial charge in [-0.2, -0.15) is 0 Å². The Morgan fingerprint density at radius 1 is 1.11 bits per heavy atom. The molecule has 1 aromatic heterocycles. The van der Waals surface area contributed by atoms with Crippen molar-refractivity contribution >= 4 is 22.6 Å². The summed E-state index contributed by atoms with van der Waals surface area (Å²) in [6, 6.07) is 15.7. The van der Waals surface area contributed by atoms with Crippen molar-refractivity contribution in [1.29, 1.82) is 0 Å². The van der Waals surface area contributed by atoms with Crippen LogP contribution in [0.25, 0.3) is 10.9 Å². The third kappa shape index (κ3) is 3.58. The number of aryl methyl sites for hydroxylation is 1. The Morgan fingerprint density at radius 3 is 2.44 bits per heavy atom. The predicted octanol–water partition coefficient (Wildman–Crippen LogP) is 3.60. The summed E-state index contributed by atoms with van der Waals surface area (Å²) in [5.41, 5.74) is 3.19. The monoisotopic (exact) mass is 364 g/mol. The molecule has 0 saturated carbocycles. The number of rotatable bonds is 5. The van der Waals surface area contributed by atoms with E-state index in [1.807, 2.05) is 74.4 Å². The molecule has 5 nitrogen and oxygen atoms in total. The smallest absolute Gasteiger partial charge is 0.345 e. The molecular formula is C22H24N2O3. The highest BCUT2D eigenvalue weighted by Crippen LogP contribution is 2.29. The number of esters is 1. The zero-order valence-electron chi connectivity index (χ0n) is 16.2. The number of fused-ring (bicyclic) bond motifs is 1. The third-order valence-corrected chi connectivity index (χ3v) is 4.50. The number of carbonyl (C=O) groups excluding carboxylic acids is 1. The van der Waals surface area contributed by atoms with E-state index in [9.17, 15) is 9.59 Å². The van der Waals surface area contributed by atoms with Gasteiger partial charge in [0, 0.05) is 19.5 Å². The molecule has 0 spiro atoms. The van der Waals surface area contributed by atoms with Crippen LogP contribution in [-0.4, -0.2) is 31.2 Å². The Labute approximate surface area is 158 Å². The van der Waals surface area contributed by atoms with Gasteiger partial charge >= 0.3 is 5.97 Å². The molecule has 27 heavy (non-hydrogen) atoms. The van der Waals surface area contributed by atoms with Crippen molar-refractivity contribution in [3.8, 4) is 0 Å². The van der Waals surface area contributed by atoms with Gasteiger partial charge < -0.3 is 14.2 Å². The second-order valence-electron chi connectivity index (χ2n) is 6.74. The van der Waals surface area contributed by atoms with Crippen molar-refractivity contribution in [2.24, 2.45) is 0 Å². The Morgan fingerprint density at radius 2 is 1.81 bits per heavy atom. The molecule has 0 saturated heterocycles. The van der Waals surface area contributed by atoms with E-state index >= 15 is 0 Å². The summed E-state index contributed by atoms with van der Waals surface area (Å²) in [5.74, 6) is -0.587. The first kappa shape index (κ1) is 18.7. The Bertz CT molecular complexity index is 1040. The van der Waals surface area contributed by atoms with Crippen LogP contribution in [0.1, 0.15) is 28.4 Å². The molecular weight excluding hydrogens is 340 g/mol. The molecule has 0 radical (unpaired) electrons. The SMILES string of the molecule is CCOC(=O)c1c(N(C)C)c2cc(C)ccc2n(Cc2ccccc2)c1=O. The normalized spacial score (nSPS) is 10.8. The van der Waals surface area contributed by atoms with Crippen molar-refractivity contribution < 1.29 is 9.53 Å². The summed E-state index contributed by atoms with van der Waals surface area (Å²) < 4.78 is 6.86. The topological polar surface area (TPSA) is 51.5 Å². The molecule has 0 aliphatic carbocycles. The number of pyridine rings is 1. The molecule has 3 rings (SSSR count). The Balaban J connectivity index is 2.38. The van der Waals surface area contributed by atoms with Crippen LogP contribution in [-0.2, 0) is 11.3 Å². The van der Waals surface area contributed by atoms with Crippen LogP contribution >= 0.6 is 0 Å². The third-order valence-electron chi connectivity index (χ3n) is 4.50. The summed E-state index contributed by atoms with van der Waals surface area (Å²) in [7, 11) is 3.67. The highest BCUT2D eigenvalue weighted by molar-refractivity contribution is 6.05. The van der Waals surface area contributed by atoms with Gasteiger partial charge in [0.15, 0.2) is 0 Å². The summed E-state index contributed by atoms with van der Waals surface area (Å²) in [6.45, 7) is 4.34. The standard InChI is InChI=1S/C22H24N2O3/c1-5-27-22(26)19-20(23(3)4)17-13-15(2)11-12-18(17)24(21(19)25)14-16-9-7-6-8-10-16/h6-13H,5,14H2,1-4H3. The maximum Gasteiger partial charge on any atom is 0.345 e. The van der Waals surface area contributed by atoms with Crippen LogP contribution in [0.3, 0.4) is 0 Å². The number of nitrogens with zero attached hydrogens (tertiary/aromatic N) is 2. The number of anilines is 1. The van der Waals surface area contributed by atoms with Crippen molar-refractivity contribution in [3.63, 3.8) is 0 Å². The fourth-order valence-electron chi connectivity index (χ4n) is 3.33. The first-order valence-corrected chi connectivity index (χ1v) is 8.99. The van der Waals surface area contributed by atoms with Crippen LogP contribution < -0.4 is 10.5 Å². The van der Waals surface area contributed by atoms with E-state index in [2.05, 4.69) is 0 Å². The maximum absolute atomic E-state index is 13.3. The van der Waals surface area contributed by atoms with Gasteiger partial charge in [0.1, 0.15) is 5.56 Å². The van der Waals surface area contributed by atoms with Gasteiger partial charge in [-0.3, -0.25) is 4.79 Å². The van der Waals surface area contributed by atoms with Crippen molar-refractivity contribution in [2.45, 2.75) is 20.4 Å². The molecule has 0 aliphatic rings. The van der Waals surface area contributed by atoms with Crippen molar-refractivity contribution in [3.05, 3.63) is 75.6 Å². The summed E-state index contributed by atoms with van der Waals surface area (Å²) >= 11 is 0. The van der Waals surface area contributed by atoms with Gasteiger partial charge in [-0.25, -0.2) is 4.79 Å². The molecule has 3 aromatic rings. The van der Waals surface area contributed by atoms with E-state index in [-0.39, 0.29) is 17.7 Å². The fourth-order valence-corrected chi connectivity index (χ4v) is 3.33. The largest absolute Gasteiger partial charge is 0.462 e. The zero-order chi connectivity index (χ0) is 19.6. The second kappa shape index (κ2) is 7.66. The fraction of sp³-hybridized carbons (Fsp3) is 0.273. The minimum atomic E-state index is -0.587. The van der Waals surface area contributed by atoms with E-state index in [1.54, 1.807) is 11.5 Å². The summed E-state index contributed by atoms with van der Waals surface area (Å²) in [6.07, 6.45) is 0. The lowest BCUT2D eigenvalue weighted by Crippen LogP contribution is -2.31. The highest BCUT2D eigenvalue weighted by Gasteiger charge is 2.24. The number of aromatic nitrogens is 1. The highest BCUT2D eigenvalue weighted by atomic mass is 16.5. The van der Waals surface area contributed by atoms with Crippen LogP contribution in [0, 0.1) is 6.92 Å². The second-order valence-corrected chi connectivity index (χ2v) is 6.74. The lowest BCUT2D eigenvalue weighted by molar-refractivity contribution is 0.0524. The zero-order valence-corrected chi connectivity index (χ0v) is 16.2. The van der Waals surface area contributed by atoms with Gasteiger partial charge in [-0.15, -0.1) is 0 Å². The lowest BCUT2D eigenvalue weighted by Gasteiger charge is -2.22. The Hall–Kier alpha value is -3.08. The van der Waals surface area contributed by atoms with Gasteiger partial charge in [0.25, 0.3) is 5.56 Å². The van der Waals surface area contributed by atoms with Crippen LogP contribution in [0.15, 0.2) is 53.3 Å². The number of hydrogen-bond donors (Lipinski definition) is 0. The maximum atomic E-state index is 13.3. The number of ether oxygens (including phenoxy) is 1. The van der Waals surface area contributed by atoms with E-state index in [0.717, 1.165) is 22.0 Å². The average molecular weight is 364 g/mol. The minimum Gasteiger partial charge on any atom is -0.462 e. The lowest BCUT2D eigenvalue weighted by atomic mass is 10.0. The first-order chi connectivity index (χ1) is 12.9. The molecule has 0 aliphatic heterocycles. The number of carbonyl (C=O) groups is 1. The van der Waals surface area contributed by atoms with Crippen molar-refractivity contribution in [1.82, 2.24) is 4.57 Å². The summed E-state index contributed by atoms with van der Waals surface area (Å²) in [5, 5.41) is 0.860. The van der Waals surface area contributed by atoms with Crippen molar-refractivity contribution in [2.75, 3.05) is 25.6 Å². The Kier molecular flexibility index (Phi) is 5.31. The van der Waals surface area contributed by atoms with E-state index in [1.165, 1.54) is 0 Å². The average Bonchev–Trinajstić information content (AvgIpc) is 2.64. The van der Waals surface area contributed by atoms with Crippen LogP contribution in [0.5, 0.6) is 0 Å². The molecule has 5 heteroatoms. The van der Waals surface area contributed by atoms with Gasteiger partial charge in [-0.05, 0) is 31.5 Å². The number of benzene rings is 2. The van der Waals surface area contributed by atoms with Crippen LogP contribution in [0.4, 0.5) is 5.69 Å².